The van der Waals surface area contributed by atoms with E-state index in [-0.39, 0.29) is 0 Å². The normalized spacial score (nSPS) is 12.8. The van der Waals surface area contributed by atoms with Gasteiger partial charge in [0.15, 0.2) is 0 Å². The molecule has 0 spiro atoms. The van der Waals surface area contributed by atoms with E-state index in [0.717, 1.165) is 5.56 Å². The summed E-state index contributed by atoms with van der Waals surface area (Å²) in [6.07, 6.45) is 4.25. The van der Waals surface area contributed by atoms with E-state index in [2.05, 4.69) is 15.7 Å². The van der Waals surface area contributed by atoms with Crippen molar-refractivity contribution in [3.8, 4) is 0 Å². The lowest BCUT2D eigenvalue weighted by Gasteiger charge is -2.27. The summed E-state index contributed by atoms with van der Waals surface area (Å²) in [5.74, 6) is -1.04. The van der Waals surface area contributed by atoms with E-state index >= 15 is 0 Å². The van der Waals surface area contributed by atoms with E-state index in [4.69, 9.17) is 5.11 Å². The van der Waals surface area contributed by atoms with Gasteiger partial charge in [-0.05, 0) is 17.4 Å². The number of aliphatic carboxylic acids is 1. The molecule has 0 aliphatic rings. The Morgan fingerprint density at radius 1 is 1.45 bits per heavy atom. The topological polar surface area (TPSA) is 96.2 Å². The number of hydrogen-bond donors (Lipinski definition) is 3. The van der Waals surface area contributed by atoms with Gasteiger partial charge in [-0.15, -0.1) is 0 Å². The molecule has 7 heteroatoms. The SMILES string of the molecule is Cn1cc(CCNC(=O)N[C@H](C(=O)O)C(C)(C)C)cn1. The predicted molar refractivity (Wildman–Crippen MR) is 74.3 cm³/mol. The van der Waals surface area contributed by atoms with E-state index < -0.39 is 23.5 Å². The van der Waals surface area contributed by atoms with Crippen molar-refractivity contribution in [2.24, 2.45) is 12.5 Å². The van der Waals surface area contributed by atoms with Crippen LogP contribution in [-0.2, 0) is 18.3 Å². The predicted octanol–water partition coefficient (Wildman–Crippen LogP) is 0.761. The summed E-state index contributed by atoms with van der Waals surface area (Å²) >= 11 is 0. The Hall–Kier alpha value is -2.05. The Morgan fingerprint density at radius 3 is 2.55 bits per heavy atom. The lowest BCUT2D eigenvalue weighted by atomic mass is 9.87. The van der Waals surface area contributed by atoms with Gasteiger partial charge in [-0.3, -0.25) is 4.68 Å². The highest BCUT2D eigenvalue weighted by Crippen LogP contribution is 2.19. The van der Waals surface area contributed by atoms with Gasteiger partial charge in [0.2, 0.25) is 0 Å². The largest absolute Gasteiger partial charge is 0.480 e. The zero-order chi connectivity index (χ0) is 15.3. The number of aromatic nitrogens is 2. The highest BCUT2D eigenvalue weighted by molar-refractivity contribution is 5.83. The van der Waals surface area contributed by atoms with Gasteiger partial charge in [0.1, 0.15) is 6.04 Å². The van der Waals surface area contributed by atoms with E-state index in [9.17, 15) is 9.59 Å². The minimum absolute atomic E-state index is 0.425. The Balaban J connectivity index is 2.41. The quantitative estimate of drug-likeness (QED) is 0.743. The fraction of sp³-hybridized carbons (Fsp3) is 0.615. The van der Waals surface area contributed by atoms with Gasteiger partial charge >= 0.3 is 12.0 Å². The summed E-state index contributed by atoms with van der Waals surface area (Å²) in [6.45, 7) is 5.72. The molecule has 0 aromatic carbocycles. The number of hydrogen-bond acceptors (Lipinski definition) is 3. The van der Waals surface area contributed by atoms with Crippen LogP contribution in [-0.4, -0.2) is 39.5 Å². The third kappa shape index (κ3) is 4.91. The summed E-state index contributed by atoms with van der Waals surface area (Å²) in [6, 6.07) is -1.41. The summed E-state index contributed by atoms with van der Waals surface area (Å²) in [5, 5.41) is 18.3. The minimum Gasteiger partial charge on any atom is -0.480 e. The van der Waals surface area contributed by atoms with Crippen molar-refractivity contribution in [3.63, 3.8) is 0 Å². The number of nitrogens with one attached hydrogen (secondary N) is 2. The van der Waals surface area contributed by atoms with Crippen molar-refractivity contribution >= 4 is 12.0 Å². The van der Waals surface area contributed by atoms with Crippen LogP contribution in [0.5, 0.6) is 0 Å². The molecule has 0 aliphatic heterocycles. The number of carbonyl (C=O) groups excluding carboxylic acids is 1. The first kappa shape index (κ1) is 16.0. The average molecular weight is 282 g/mol. The number of aryl methyl sites for hydroxylation is 1. The summed E-state index contributed by atoms with van der Waals surface area (Å²) < 4.78 is 1.69. The van der Waals surface area contributed by atoms with E-state index in [1.165, 1.54) is 0 Å². The van der Waals surface area contributed by atoms with Gasteiger partial charge < -0.3 is 15.7 Å². The molecule has 7 nitrogen and oxygen atoms in total. The van der Waals surface area contributed by atoms with Crippen LogP contribution in [0.25, 0.3) is 0 Å². The average Bonchev–Trinajstić information content (AvgIpc) is 2.70. The van der Waals surface area contributed by atoms with Crippen LogP contribution in [0.15, 0.2) is 12.4 Å². The molecule has 3 N–H and O–H groups in total. The Morgan fingerprint density at radius 2 is 2.10 bits per heavy atom. The van der Waals surface area contributed by atoms with Crippen LogP contribution in [0.3, 0.4) is 0 Å². The van der Waals surface area contributed by atoms with Gasteiger partial charge in [-0.2, -0.15) is 5.10 Å². The van der Waals surface area contributed by atoms with Crippen LogP contribution >= 0.6 is 0 Å². The third-order valence-corrected chi connectivity index (χ3v) is 2.85. The molecule has 0 radical (unpaired) electrons. The Kier molecular flexibility index (Phi) is 5.12. The molecule has 1 heterocycles. The molecular formula is C13H22N4O3. The first-order valence-electron chi connectivity index (χ1n) is 6.45. The van der Waals surface area contributed by atoms with Crippen LogP contribution < -0.4 is 10.6 Å². The maximum Gasteiger partial charge on any atom is 0.326 e. The van der Waals surface area contributed by atoms with Crippen molar-refractivity contribution in [3.05, 3.63) is 18.0 Å². The number of carbonyl (C=O) groups is 2. The molecule has 1 atom stereocenters. The van der Waals surface area contributed by atoms with Gasteiger partial charge in [0, 0.05) is 19.8 Å². The van der Waals surface area contributed by atoms with Crippen LogP contribution in [0.4, 0.5) is 4.79 Å². The molecule has 0 unspecified atom stereocenters. The van der Waals surface area contributed by atoms with Gasteiger partial charge in [0.05, 0.1) is 6.20 Å². The second kappa shape index (κ2) is 6.40. The smallest absolute Gasteiger partial charge is 0.326 e. The maximum absolute atomic E-state index is 11.7. The number of carboxylic acid groups (broad SMARTS) is 1. The lowest BCUT2D eigenvalue weighted by Crippen LogP contribution is -2.52. The molecule has 0 saturated heterocycles. The molecule has 0 saturated carbocycles. The summed E-state index contributed by atoms with van der Waals surface area (Å²) in [5.41, 5.74) is 0.463. The molecule has 2 amide bonds. The zero-order valence-electron chi connectivity index (χ0n) is 12.3. The summed E-state index contributed by atoms with van der Waals surface area (Å²) in [4.78, 5) is 22.8. The first-order valence-corrected chi connectivity index (χ1v) is 6.45. The number of amides is 2. The highest BCUT2D eigenvalue weighted by Gasteiger charge is 2.32. The molecule has 1 aromatic heterocycles. The number of urea groups is 1. The first-order chi connectivity index (χ1) is 9.20. The fourth-order valence-corrected chi connectivity index (χ4v) is 1.75. The van der Waals surface area contributed by atoms with Crippen molar-refractivity contribution in [1.82, 2.24) is 20.4 Å². The number of carboxylic acids is 1. The second-order valence-corrected chi connectivity index (χ2v) is 5.81. The monoisotopic (exact) mass is 282 g/mol. The van der Waals surface area contributed by atoms with Crippen molar-refractivity contribution in [1.29, 1.82) is 0 Å². The molecule has 112 valence electrons. The number of rotatable bonds is 5. The fourth-order valence-electron chi connectivity index (χ4n) is 1.75. The Bertz CT molecular complexity index is 476. The highest BCUT2D eigenvalue weighted by atomic mass is 16.4. The molecule has 1 aromatic rings. The van der Waals surface area contributed by atoms with Crippen LogP contribution in [0.1, 0.15) is 26.3 Å². The number of nitrogens with zero attached hydrogens (tertiary/aromatic N) is 2. The molecule has 1 rings (SSSR count). The minimum atomic E-state index is -1.04. The summed E-state index contributed by atoms with van der Waals surface area (Å²) in [7, 11) is 1.82. The van der Waals surface area contributed by atoms with Gasteiger partial charge in [-0.25, -0.2) is 9.59 Å². The second-order valence-electron chi connectivity index (χ2n) is 5.81. The van der Waals surface area contributed by atoms with Crippen molar-refractivity contribution in [2.75, 3.05) is 6.54 Å². The standard InChI is InChI=1S/C13H22N4O3/c1-13(2,3)10(11(18)19)16-12(20)14-6-5-9-7-15-17(4)8-9/h7-8,10H,5-6H2,1-4H3,(H,18,19)(H2,14,16,20)/t10-/m1/s1. The Labute approximate surface area is 118 Å². The van der Waals surface area contributed by atoms with Crippen molar-refractivity contribution in [2.45, 2.75) is 33.2 Å². The van der Waals surface area contributed by atoms with Gasteiger partial charge in [0.25, 0.3) is 0 Å². The molecular weight excluding hydrogens is 260 g/mol. The molecule has 0 bridgehead atoms. The maximum atomic E-state index is 11.7. The van der Waals surface area contributed by atoms with E-state index in [1.54, 1.807) is 31.6 Å². The van der Waals surface area contributed by atoms with Crippen LogP contribution in [0.2, 0.25) is 0 Å². The van der Waals surface area contributed by atoms with Crippen molar-refractivity contribution < 1.29 is 14.7 Å². The molecule has 20 heavy (non-hydrogen) atoms. The molecule has 0 fully saturated rings. The zero-order valence-corrected chi connectivity index (χ0v) is 12.3. The van der Waals surface area contributed by atoms with E-state index in [0.29, 0.717) is 13.0 Å². The van der Waals surface area contributed by atoms with Gasteiger partial charge in [-0.1, -0.05) is 20.8 Å². The van der Waals surface area contributed by atoms with Crippen LogP contribution in [0, 0.1) is 5.41 Å². The lowest BCUT2D eigenvalue weighted by molar-refractivity contribution is -0.141. The van der Waals surface area contributed by atoms with E-state index in [1.807, 2.05) is 13.2 Å². The molecule has 0 aliphatic carbocycles. The third-order valence-electron chi connectivity index (χ3n) is 2.85.